The van der Waals surface area contributed by atoms with E-state index in [0.29, 0.717) is 7.92 Å². The van der Waals surface area contributed by atoms with Gasteiger partial charge in [-0.1, -0.05) is 41.0 Å². The Balaban J connectivity index is 3.73. The van der Waals surface area contributed by atoms with Crippen molar-refractivity contribution in [3.8, 4) is 0 Å². The molecule has 1 heteroatoms. The molecule has 0 aliphatic carbocycles. The lowest BCUT2D eigenvalue weighted by Crippen LogP contribution is -2.05. The van der Waals surface area contributed by atoms with Crippen LogP contribution in [-0.2, 0) is 0 Å². The summed E-state index contributed by atoms with van der Waals surface area (Å²) in [5, 5.41) is 0. The Bertz CT molecular complexity index is 68.8. The van der Waals surface area contributed by atoms with E-state index in [0.717, 1.165) is 11.3 Å². The average Bonchev–Trinajstić information content (AvgIpc) is 1.81. The van der Waals surface area contributed by atoms with Crippen molar-refractivity contribution in [2.24, 2.45) is 0 Å². The maximum atomic E-state index is 2.36. The highest BCUT2D eigenvalue weighted by molar-refractivity contribution is 7.59. The van der Waals surface area contributed by atoms with E-state index in [2.05, 4.69) is 34.6 Å². The first-order valence-corrected chi connectivity index (χ1v) is 6.01. The van der Waals surface area contributed by atoms with Crippen LogP contribution in [0.5, 0.6) is 0 Å². The number of hydrogen-bond acceptors (Lipinski definition) is 0. The van der Waals surface area contributed by atoms with Crippen molar-refractivity contribution < 1.29 is 0 Å². The van der Waals surface area contributed by atoms with Crippen molar-refractivity contribution in [3.05, 3.63) is 0 Å². The van der Waals surface area contributed by atoms with Gasteiger partial charge in [0.1, 0.15) is 0 Å². The summed E-state index contributed by atoms with van der Waals surface area (Å²) in [6.45, 7) is 11.7. The molecule has 0 aromatic carbocycles. The van der Waals surface area contributed by atoms with Crippen LogP contribution in [0.15, 0.2) is 0 Å². The van der Waals surface area contributed by atoms with Crippen LogP contribution in [0.1, 0.15) is 41.0 Å². The molecule has 0 unspecified atom stereocenters. The molecular formula is C9H21P. The van der Waals surface area contributed by atoms with Crippen molar-refractivity contribution in [3.63, 3.8) is 0 Å². The molecule has 62 valence electrons. The molecule has 0 amide bonds. The monoisotopic (exact) mass is 160 g/mol. The van der Waals surface area contributed by atoms with Gasteiger partial charge < -0.3 is 0 Å². The Morgan fingerprint density at radius 2 is 1.40 bits per heavy atom. The molecule has 0 N–H and O–H groups in total. The van der Waals surface area contributed by atoms with Crippen LogP contribution in [0.3, 0.4) is 0 Å². The Kier molecular flexibility index (Phi) is 5.35. The Morgan fingerprint density at radius 1 is 1.00 bits per heavy atom. The molecular weight excluding hydrogens is 139 g/mol. The van der Waals surface area contributed by atoms with E-state index in [1.165, 1.54) is 12.6 Å². The first-order chi connectivity index (χ1) is 4.59. The first-order valence-electron chi connectivity index (χ1n) is 4.35. The molecule has 0 heterocycles. The fourth-order valence-electron chi connectivity index (χ4n) is 1.37. The van der Waals surface area contributed by atoms with E-state index in [1.807, 2.05) is 0 Å². The van der Waals surface area contributed by atoms with Gasteiger partial charge in [-0.2, -0.15) is 0 Å². The molecule has 10 heavy (non-hydrogen) atoms. The second-order valence-corrected chi connectivity index (χ2v) is 6.97. The molecule has 0 spiro atoms. The van der Waals surface area contributed by atoms with E-state index in [9.17, 15) is 0 Å². The lowest BCUT2D eigenvalue weighted by Gasteiger charge is -2.24. The van der Waals surface area contributed by atoms with Gasteiger partial charge in [0.25, 0.3) is 0 Å². The van der Waals surface area contributed by atoms with Gasteiger partial charge in [0.15, 0.2) is 0 Å². The molecule has 0 radical (unpaired) electrons. The zero-order valence-corrected chi connectivity index (χ0v) is 8.91. The summed E-state index contributed by atoms with van der Waals surface area (Å²) in [5.74, 6) is 0. The summed E-state index contributed by atoms with van der Waals surface area (Å²) in [5.41, 5.74) is 1.85. The van der Waals surface area contributed by atoms with Crippen LogP contribution < -0.4 is 0 Å². The predicted molar refractivity (Wildman–Crippen MR) is 52.4 cm³/mol. The van der Waals surface area contributed by atoms with Crippen LogP contribution in [-0.4, -0.2) is 17.5 Å². The van der Waals surface area contributed by atoms with Crippen molar-refractivity contribution in [2.45, 2.75) is 52.4 Å². The Hall–Kier alpha value is 0.430. The van der Waals surface area contributed by atoms with Gasteiger partial charge >= 0.3 is 0 Å². The van der Waals surface area contributed by atoms with E-state index in [1.54, 1.807) is 0 Å². The van der Waals surface area contributed by atoms with Crippen LogP contribution in [0.2, 0.25) is 0 Å². The highest BCUT2D eigenvalue weighted by Crippen LogP contribution is 2.45. The fraction of sp³-hybridized carbons (Fsp3) is 1.00. The summed E-state index contributed by atoms with van der Waals surface area (Å²) >= 11 is 0. The zero-order chi connectivity index (χ0) is 8.15. The van der Waals surface area contributed by atoms with Gasteiger partial charge in [-0.15, -0.1) is 7.92 Å². The topological polar surface area (TPSA) is 0 Å². The number of hydrogen-bond donors (Lipinski definition) is 0. The van der Waals surface area contributed by atoms with E-state index >= 15 is 0 Å². The van der Waals surface area contributed by atoms with E-state index < -0.39 is 0 Å². The number of rotatable bonds is 4. The van der Waals surface area contributed by atoms with Crippen molar-refractivity contribution in [1.29, 1.82) is 0 Å². The lowest BCUT2D eigenvalue weighted by atomic mass is 10.5. The maximum absolute atomic E-state index is 2.36. The largest absolute Gasteiger partial charge is 0.101 e. The minimum Gasteiger partial charge on any atom is -0.101 e. The molecule has 0 saturated carbocycles. The average molecular weight is 160 g/mol. The second kappa shape index (κ2) is 5.13. The minimum atomic E-state index is 0.321. The van der Waals surface area contributed by atoms with Crippen molar-refractivity contribution in [1.82, 2.24) is 0 Å². The molecule has 0 bridgehead atoms. The highest BCUT2D eigenvalue weighted by atomic mass is 31.1. The van der Waals surface area contributed by atoms with Crippen LogP contribution in [0, 0.1) is 0 Å². The molecule has 0 fully saturated rings. The Morgan fingerprint density at radius 3 is 1.50 bits per heavy atom. The minimum absolute atomic E-state index is 0.321. The molecule has 0 nitrogen and oxygen atoms in total. The molecule has 0 aromatic rings. The first kappa shape index (κ1) is 10.4. The highest BCUT2D eigenvalue weighted by Gasteiger charge is 2.14. The van der Waals surface area contributed by atoms with Gasteiger partial charge in [0, 0.05) is 0 Å². The van der Waals surface area contributed by atoms with Gasteiger partial charge in [-0.3, -0.25) is 0 Å². The summed E-state index contributed by atoms with van der Waals surface area (Å²) < 4.78 is 0. The fourth-order valence-corrected chi connectivity index (χ4v) is 4.11. The molecule has 0 aliphatic rings. The SMILES string of the molecule is CCCP(C(C)C)C(C)C. The maximum Gasteiger partial charge on any atom is -0.0264 e. The van der Waals surface area contributed by atoms with Crippen molar-refractivity contribution in [2.75, 3.05) is 6.16 Å². The lowest BCUT2D eigenvalue weighted by molar-refractivity contribution is 0.972. The van der Waals surface area contributed by atoms with Crippen LogP contribution in [0.4, 0.5) is 0 Å². The van der Waals surface area contributed by atoms with E-state index in [4.69, 9.17) is 0 Å². The van der Waals surface area contributed by atoms with Gasteiger partial charge in [-0.05, 0) is 17.5 Å². The normalized spacial score (nSPS) is 12.0. The Labute approximate surface area is 67.2 Å². The zero-order valence-electron chi connectivity index (χ0n) is 8.02. The third kappa shape index (κ3) is 3.56. The quantitative estimate of drug-likeness (QED) is 0.550. The van der Waals surface area contributed by atoms with Gasteiger partial charge in [0.05, 0.1) is 0 Å². The summed E-state index contributed by atoms with van der Waals surface area (Å²) in [7, 11) is 0.321. The van der Waals surface area contributed by atoms with Gasteiger partial charge in [0.2, 0.25) is 0 Å². The molecule has 0 saturated heterocycles. The molecule has 0 aliphatic heterocycles. The third-order valence-corrected chi connectivity index (χ3v) is 5.43. The third-order valence-electron chi connectivity index (χ3n) is 1.81. The van der Waals surface area contributed by atoms with E-state index in [-0.39, 0.29) is 0 Å². The summed E-state index contributed by atoms with van der Waals surface area (Å²) in [4.78, 5) is 0. The van der Waals surface area contributed by atoms with Crippen LogP contribution in [0.25, 0.3) is 0 Å². The molecule has 0 aromatic heterocycles. The summed E-state index contributed by atoms with van der Waals surface area (Å²) in [6, 6.07) is 0. The van der Waals surface area contributed by atoms with Gasteiger partial charge in [-0.25, -0.2) is 0 Å². The van der Waals surface area contributed by atoms with Crippen molar-refractivity contribution >= 4 is 7.92 Å². The molecule has 0 atom stereocenters. The predicted octanol–water partition coefficient (Wildman–Crippen LogP) is 3.70. The molecule has 0 rings (SSSR count). The second-order valence-electron chi connectivity index (χ2n) is 3.43. The smallest absolute Gasteiger partial charge is 0.0264 e. The van der Waals surface area contributed by atoms with Crippen LogP contribution >= 0.6 is 7.92 Å². The summed E-state index contributed by atoms with van der Waals surface area (Å²) in [6.07, 6.45) is 2.83. The standard InChI is InChI=1S/C9H21P/c1-6-7-10(8(2)3)9(4)5/h8-9H,6-7H2,1-5H3.